The first kappa shape index (κ1) is 20.6. The Labute approximate surface area is 186 Å². The average Bonchev–Trinajstić information content (AvgIpc) is 3.16. The number of fused-ring (bicyclic) bond motifs is 1. The van der Waals surface area contributed by atoms with E-state index in [4.69, 9.17) is 27.6 Å². The molecular formula is C22H13Cl2N3O4. The lowest BCUT2D eigenvalue weighted by molar-refractivity contribution is -0.384. The van der Waals surface area contributed by atoms with Crippen LogP contribution in [0, 0.1) is 10.1 Å². The molecule has 7 nitrogen and oxygen atoms in total. The number of hydrogen-bond acceptors (Lipinski definition) is 5. The number of nitro benzene ring substituents is 1. The summed E-state index contributed by atoms with van der Waals surface area (Å²) in [6.07, 6.45) is 2.74. The van der Waals surface area contributed by atoms with Crippen LogP contribution in [-0.2, 0) is 4.79 Å². The monoisotopic (exact) mass is 453 g/mol. The van der Waals surface area contributed by atoms with Crippen molar-refractivity contribution in [1.29, 1.82) is 0 Å². The Kier molecular flexibility index (Phi) is 5.70. The van der Waals surface area contributed by atoms with E-state index >= 15 is 0 Å². The van der Waals surface area contributed by atoms with E-state index in [1.807, 2.05) is 6.07 Å². The van der Waals surface area contributed by atoms with Gasteiger partial charge in [-0.3, -0.25) is 14.9 Å². The number of hydrogen-bond donors (Lipinski definition) is 1. The highest BCUT2D eigenvalue weighted by Crippen LogP contribution is 2.28. The van der Waals surface area contributed by atoms with Crippen LogP contribution < -0.4 is 5.32 Å². The summed E-state index contributed by atoms with van der Waals surface area (Å²) >= 11 is 11.8. The first-order chi connectivity index (χ1) is 14.9. The predicted octanol–water partition coefficient (Wildman–Crippen LogP) is 6.36. The maximum absolute atomic E-state index is 12.3. The molecule has 9 heteroatoms. The molecule has 1 heterocycles. The molecule has 0 radical (unpaired) electrons. The van der Waals surface area contributed by atoms with Crippen LogP contribution >= 0.6 is 23.2 Å². The van der Waals surface area contributed by atoms with Gasteiger partial charge in [-0.1, -0.05) is 35.3 Å². The third kappa shape index (κ3) is 4.74. The molecule has 0 aliphatic carbocycles. The van der Waals surface area contributed by atoms with Crippen molar-refractivity contribution in [3.63, 3.8) is 0 Å². The number of nitrogens with one attached hydrogen (secondary N) is 1. The van der Waals surface area contributed by atoms with E-state index in [9.17, 15) is 14.9 Å². The Balaban J connectivity index is 1.50. The summed E-state index contributed by atoms with van der Waals surface area (Å²) in [5, 5.41) is 14.3. The summed E-state index contributed by atoms with van der Waals surface area (Å²) in [5.74, 6) is -0.00326. The fourth-order valence-corrected chi connectivity index (χ4v) is 3.24. The Bertz CT molecular complexity index is 1350. The van der Waals surface area contributed by atoms with Gasteiger partial charge in [0, 0.05) is 28.4 Å². The zero-order chi connectivity index (χ0) is 22.0. The third-order valence-corrected chi connectivity index (χ3v) is 4.88. The van der Waals surface area contributed by atoms with Gasteiger partial charge >= 0.3 is 0 Å². The van der Waals surface area contributed by atoms with E-state index < -0.39 is 10.8 Å². The minimum atomic E-state index is -0.578. The normalized spacial score (nSPS) is 11.2. The highest BCUT2D eigenvalue weighted by molar-refractivity contribution is 6.32. The second-order valence-electron chi connectivity index (χ2n) is 6.50. The summed E-state index contributed by atoms with van der Waals surface area (Å²) in [6.45, 7) is 0. The Morgan fingerprint density at radius 1 is 1.10 bits per heavy atom. The van der Waals surface area contributed by atoms with Gasteiger partial charge < -0.3 is 9.73 Å². The van der Waals surface area contributed by atoms with Gasteiger partial charge in [-0.2, -0.15) is 0 Å². The predicted molar refractivity (Wildman–Crippen MR) is 120 cm³/mol. The van der Waals surface area contributed by atoms with Crippen LogP contribution in [0.15, 0.2) is 71.2 Å². The van der Waals surface area contributed by atoms with Crippen molar-refractivity contribution in [3.05, 3.63) is 92.5 Å². The fourth-order valence-electron chi connectivity index (χ4n) is 2.88. The molecule has 4 rings (SSSR count). The Morgan fingerprint density at radius 3 is 2.74 bits per heavy atom. The van der Waals surface area contributed by atoms with Crippen molar-refractivity contribution in [2.45, 2.75) is 0 Å². The summed E-state index contributed by atoms with van der Waals surface area (Å²) in [7, 11) is 0. The molecule has 0 spiro atoms. The molecule has 0 unspecified atom stereocenters. The molecule has 0 fully saturated rings. The summed E-state index contributed by atoms with van der Waals surface area (Å²) in [6, 6.07) is 16.5. The molecule has 1 N–H and O–H groups in total. The van der Waals surface area contributed by atoms with Crippen LogP contribution in [0.25, 0.3) is 28.6 Å². The van der Waals surface area contributed by atoms with Crippen LogP contribution in [0.1, 0.15) is 5.56 Å². The molecule has 0 aliphatic rings. The molecule has 154 valence electrons. The number of aromatic nitrogens is 1. The number of nitrogens with zero attached hydrogens (tertiary/aromatic N) is 2. The van der Waals surface area contributed by atoms with Gasteiger partial charge in [0.2, 0.25) is 11.8 Å². The van der Waals surface area contributed by atoms with Crippen molar-refractivity contribution in [1.82, 2.24) is 4.98 Å². The van der Waals surface area contributed by atoms with Crippen LogP contribution in [-0.4, -0.2) is 15.8 Å². The zero-order valence-electron chi connectivity index (χ0n) is 15.7. The number of halogens is 2. The van der Waals surface area contributed by atoms with Crippen LogP contribution in [0.2, 0.25) is 10.0 Å². The van der Waals surface area contributed by atoms with E-state index in [2.05, 4.69) is 10.3 Å². The largest absolute Gasteiger partial charge is 0.436 e. The van der Waals surface area contributed by atoms with Crippen LogP contribution in [0.4, 0.5) is 11.4 Å². The number of nitro groups is 1. The van der Waals surface area contributed by atoms with Gasteiger partial charge in [-0.15, -0.1) is 0 Å². The number of anilines is 1. The molecule has 31 heavy (non-hydrogen) atoms. The van der Waals surface area contributed by atoms with Crippen molar-refractivity contribution in [3.8, 4) is 11.5 Å². The number of rotatable bonds is 5. The first-order valence-electron chi connectivity index (χ1n) is 8.98. The number of carbonyl (C=O) groups excluding carboxylic acids is 1. The molecule has 1 amide bonds. The minimum absolute atomic E-state index is 0.0323. The lowest BCUT2D eigenvalue weighted by atomic mass is 10.2. The van der Waals surface area contributed by atoms with Gasteiger partial charge in [-0.05, 0) is 54.1 Å². The maximum Gasteiger partial charge on any atom is 0.288 e. The smallest absolute Gasteiger partial charge is 0.288 e. The minimum Gasteiger partial charge on any atom is -0.436 e. The number of amides is 1. The van der Waals surface area contributed by atoms with Crippen molar-refractivity contribution in [2.75, 3.05) is 5.32 Å². The van der Waals surface area contributed by atoms with E-state index in [0.29, 0.717) is 38.8 Å². The average molecular weight is 454 g/mol. The van der Waals surface area contributed by atoms with Gasteiger partial charge in [0.1, 0.15) is 10.5 Å². The highest BCUT2D eigenvalue weighted by Gasteiger charge is 2.12. The molecule has 1 aromatic heterocycles. The third-order valence-electron chi connectivity index (χ3n) is 4.32. The lowest BCUT2D eigenvalue weighted by Crippen LogP contribution is -2.07. The van der Waals surface area contributed by atoms with E-state index in [1.54, 1.807) is 42.5 Å². The Morgan fingerprint density at radius 2 is 1.94 bits per heavy atom. The fraction of sp³-hybridized carbons (Fsp3) is 0. The van der Waals surface area contributed by atoms with Gasteiger partial charge in [0.25, 0.3) is 5.69 Å². The van der Waals surface area contributed by atoms with Crippen LogP contribution in [0.3, 0.4) is 0 Å². The maximum atomic E-state index is 12.3. The molecule has 3 aromatic carbocycles. The number of benzene rings is 3. The summed E-state index contributed by atoms with van der Waals surface area (Å²) in [5.41, 5.74) is 2.71. The van der Waals surface area contributed by atoms with Gasteiger partial charge in [0.05, 0.1) is 4.92 Å². The highest BCUT2D eigenvalue weighted by atomic mass is 35.5. The standard InChI is InChI=1S/C22H13Cl2N3O4/c23-15-6-8-20-18(12-15)26-22(31-20)14-2-1-3-16(11-14)25-21(28)9-5-13-4-7-17(24)19(10-13)27(29)30/h1-12H,(H,25,28)/b9-5+. The quantitative estimate of drug-likeness (QED) is 0.215. The van der Waals surface area contributed by atoms with Gasteiger partial charge in [-0.25, -0.2) is 4.98 Å². The SMILES string of the molecule is O=C(/C=C/c1ccc(Cl)c([N+](=O)[O-])c1)Nc1cccc(-c2nc3cc(Cl)ccc3o2)c1. The Hall–Kier alpha value is -3.68. The van der Waals surface area contributed by atoms with Crippen molar-refractivity contribution >= 4 is 57.7 Å². The lowest BCUT2D eigenvalue weighted by Gasteiger charge is -2.04. The topological polar surface area (TPSA) is 98.3 Å². The molecule has 0 saturated carbocycles. The second-order valence-corrected chi connectivity index (χ2v) is 7.35. The first-order valence-corrected chi connectivity index (χ1v) is 9.74. The van der Waals surface area contributed by atoms with E-state index in [1.165, 1.54) is 24.3 Å². The number of oxazole rings is 1. The molecule has 0 aliphatic heterocycles. The van der Waals surface area contributed by atoms with Gasteiger partial charge in [0.15, 0.2) is 5.58 Å². The van der Waals surface area contributed by atoms with Crippen molar-refractivity contribution in [2.24, 2.45) is 0 Å². The zero-order valence-corrected chi connectivity index (χ0v) is 17.2. The summed E-state index contributed by atoms with van der Waals surface area (Å²) < 4.78 is 5.75. The van der Waals surface area contributed by atoms with Crippen molar-refractivity contribution < 1.29 is 14.1 Å². The van der Waals surface area contributed by atoms with Crippen LogP contribution in [0.5, 0.6) is 0 Å². The molecular weight excluding hydrogens is 441 g/mol. The number of carbonyl (C=O) groups is 1. The van der Waals surface area contributed by atoms with E-state index in [-0.39, 0.29) is 10.7 Å². The second kappa shape index (κ2) is 8.59. The van der Waals surface area contributed by atoms with E-state index in [0.717, 1.165) is 0 Å². The summed E-state index contributed by atoms with van der Waals surface area (Å²) in [4.78, 5) is 27.1. The molecule has 0 bridgehead atoms. The molecule has 4 aromatic rings. The molecule has 0 atom stereocenters. The molecule has 0 saturated heterocycles.